The number of halogens is 1. The molecule has 0 radical (unpaired) electrons. The van der Waals surface area contributed by atoms with Crippen molar-refractivity contribution in [2.24, 2.45) is 7.05 Å². The van der Waals surface area contributed by atoms with Crippen LogP contribution in [0.15, 0.2) is 59.1 Å². The molecule has 0 spiro atoms. The van der Waals surface area contributed by atoms with Gasteiger partial charge in [0.2, 0.25) is 0 Å². The van der Waals surface area contributed by atoms with Crippen molar-refractivity contribution in [1.82, 2.24) is 4.57 Å². The second kappa shape index (κ2) is 6.90. The zero-order chi connectivity index (χ0) is 17.1. The minimum atomic E-state index is -0.849. The zero-order valence-electron chi connectivity index (χ0n) is 13.1. The Balaban J connectivity index is 1.80. The SMILES string of the molecule is Cn1c(C(C#N)C(=O)COc2ccc(Br)cc2)cc2ccccc21. The number of benzene rings is 2. The Labute approximate surface area is 148 Å². The number of ketones is 1. The van der Waals surface area contributed by atoms with Crippen LogP contribution in [0.5, 0.6) is 5.75 Å². The van der Waals surface area contributed by atoms with E-state index in [1.54, 1.807) is 12.1 Å². The minimum Gasteiger partial charge on any atom is -0.486 e. The Bertz CT molecular complexity index is 923. The number of hydrogen-bond donors (Lipinski definition) is 0. The number of Topliss-reactive ketones (excluding diaryl/α,β-unsaturated/α-hetero) is 1. The van der Waals surface area contributed by atoms with E-state index in [1.807, 2.05) is 54.1 Å². The molecule has 1 atom stereocenters. The Morgan fingerprint density at radius 2 is 1.96 bits per heavy atom. The highest BCUT2D eigenvalue weighted by Gasteiger charge is 2.24. The molecule has 0 aliphatic heterocycles. The highest BCUT2D eigenvalue weighted by atomic mass is 79.9. The quantitative estimate of drug-likeness (QED) is 0.664. The molecule has 0 N–H and O–H groups in total. The van der Waals surface area contributed by atoms with Gasteiger partial charge in [-0.05, 0) is 41.8 Å². The summed E-state index contributed by atoms with van der Waals surface area (Å²) in [6, 6.07) is 19.0. The maximum Gasteiger partial charge on any atom is 0.193 e. The summed E-state index contributed by atoms with van der Waals surface area (Å²) < 4.78 is 8.34. The van der Waals surface area contributed by atoms with Crippen molar-refractivity contribution >= 4 is 32.6 Å². The fourth-order valence-corrected chi connectivity index (χ4v) is 2.92. The van der Waals surface area contributed by atoms with E-state index in [1.165, 1.54) is 0 Å². The average molecular weight is 383 g/mol. The summed E-state index contributed by atoms with van der Waals surface area (Å²) in [7, 11) is 1.87. The molecule has 0 fully saturated rings. The first-order valence-corrected chi connectivity index (χ1v) is 8.24. The Hall–Kier alpha value is -2.58. The lowest BCUT2D eigenvalue weighted by atomic mass is 10.0. The van der Waals surface area contributed by atoms with Crippen LogP contribution in [-0.4, -0.2) is 17.0 Å². The van der Waals surface area contributed by atoms with E-state index in [0.29, 0.717) is 11.4 Å². The maximum absolute atomic E-state index is 12.5. The number of ether oxygens (including phenoxy) is 1. The molecule has 0 aliphatic carbocycles. The summed E-state index contributed by atoms with van der Waals surface area (Å²) in [5.41, 5.74) is 1.68. The number of rotatable bonds is 5. The number of hydrogen-bond acceptors (Lipinski definition) is 3. The summed E-state index contributed by atoms with van der Waals surface area (Å²) >= 11 is 3.35. The van der Waals surface area contributed by atoms with Crippen LogP contribution >= 0.6 is 15.9 Å². The lowest BCUT2D eigenvalue weighted by Gasteiger charge is -2.11. The van der Waals surface area contributed by atoms with Gasteiger partial charge in [-0.15, -0.1) is 0 Å². The number of nitriles is 1. The number of carbonyl (C=O) groups excluding carboxylic acids is 1. The van der Waals surface area contributed by atoms with Gasteiger partial charge >= 0.3 is 0 Å². The molecule has 1 heterocycles. The van der Waals surface area contributed by atoms with Crippen LogP contribution < -0.4 is 4.74 Å². The second-order valence-corrected chi connectivity index (χ2v) is 6.37. The second-order valence-electron chi connectivity index (χ2n) is 5.46. The first-order valence-electron chi connectivity index (χ1n) is 7.45. The summed E-state index contributed by atoms with van der Waals surface area (Å²) in [6.07, 6.45) is 0. The van der Waals surface area contributed by atoms with Crippen LogP contribution in [0.3, 0.4) is 0 Å². The largest absolute Gasteiger partial charge is 0.486 e. The van der Waals surface area contributed by atoms with E-state index < -0.39 is 5.92 Å². The van der Waals surface area contributed by atoms with Crippen molar-refractivity contribution < 1.29 is 9.53 Å². The summed E-state index contributed by atoms with van der Waals surface area (Å²) in [5, 5.41) is 10.5. The number of aryl methyl sites for hydroxylation is 1. The molecular formula is C19H15BrN2O2. The predicted octanol–water partition coefficient (Wildman–Crippen LogP) is 4.20. The highest BCUT2D eigenvalue weighted by molar-refractivity contribution is 9.10. The Kier molecular flexibility index (Phi) is 4.68. The highest BCUT2D eigenvalue weighted by Crippen LogP contribution is 2.25. The lowest BCUT2D eigenvalue weighted by molar-refractivity contribution is -0.121. The molecule has 1 aromatic heterocycles. The van der Waals surface area contributed by atoms with Gasteiger partial charge in [0.15, 0.2) is 5.78 Å². The molecule has 0 aliphatic rings. The van der Waals surface area contributed by atoms with Crippen molar-refractivity contribution in [1.29, 1.82) is 5.26 Å². The average Bonchev–Trinajstić information content (AvgIpc) is 2.92. The van der Waals surface area contributed by atoms with E-state index in [0.717, 1.165) is 15.4 Å². The molecule has 120 valence electrons. The van der Waals surface area contributed by atoms with Crippen LogP contribution in [0.1, 0.15) is 11.6 Å². The van der Waals surface area contributed by atoms with Gasteiger partial charge in [-0.2, -0.15) is 5.26 Å². The van der Waals surface area contributed by atoms with Gasteiger partial charge in [-0.25, -0.2) is 0 Å². The molecule has 0 bridgehead atoms. The molecule has 2 aromatic carbocycles. The molecule has 0 saturated carbocycles. The summed E-state index contributed by atoms with van der Waals surface area (Å²) in [4.78, 5) is 12.5. The smallest absolute Gasteiger partial charge is 0.193 e. The molecule has 4 nitrogen and oxygen atoms in total. The van der Waals surface area contributed by atoms with Gasteiger partial charge in [0.05, 0.1) is 6.07 Å². The van der Waals surface area contributed by atoms with E-state index >= 15 is 0 Å². The van der Waals surface area contributed by atoms with E-state index in [2.05, 4.69) is 22.0 Å². The van der Waals surface area contributed by atoms with Crippen LogP contribution in [0, 0.1) is 11.3 Å². The van der Waals surface area contributed by atoms with Gasteiger partial charge in [0.25, 0.3) is 0 Å². The van der Waals surface area contributed by atoms with E-state index in [4.69, 9.17) is 4.74 Å². The fraction of sp³-hybridized carbons (Fsp3) is 0.158. The molecule has 1 unspecified atom stereocenters. The van der Waals surface area contributed by atoms with E-state index in [9.17, 15) is 10.1 Å². The minimum absolute atomic E-state index is 0.138. The van der Waals surface area contributed by atoms with Crippen LogP contribution in [0.4, 0.5) is 0 Å². The van der Waals surface area contributed by atoms with Gasteiger partial charge in [0.1, 0.15) is 18.3 Å². The topological polar surface area (TPSA) is 55.0 Å². The van der Waals surface area contributed by atoms with Crippen molar-refractivity contribution in [3.05, 3.63) is 64.8 Å². The van der Waals surface area contributed by atoms with Gasteiger partial charge in [0, 0.05) is 22.7 Å². The van der Waals surface area contributed by atoms with E-state index in [-0.39, 0.29) is 12.4 Å². The first-order chi connectivity index (χ1) is 11.6. The lowest BCUT2D eigenvalue weighted by Crippen LogP contribution is -2.20. The number of carbonyl (C=O) groups is 1. The van der Waals surface area contributed by atoms with Crippen molar-refractivity contribution in [2.75, 3.05) is 6.61 Å². The summed E-state index contributed by atoms with van der Waals surface area (Å²) in [5.74, 6) is -0.510. The number of para-hydroxylation sites is 1. The molecule has 3 rings (SSSR count). The molecule has 5 heteroatoms. The standard InChI is InChI=1S/C19H15BrN2O2/c1-22-17-5-3-2-4-13(17)10-18(22)16(11-21)19(23)12-24-15-8-6-14(20)7-9-15/h2-10,16H,12H2,1H3. The van der Waals surface area contributed by atoms with Gasteiger partial charge in [-0.1, -0.05) is 34.1 Å². The maximum atomic E-state index is 12.5. The molecule has 24 heavy (non-hydrogen) atoms. The molecule has 3 aromatic rings. The Morgan fingerprint density at radius 3 is 2.62 bits per heavy atom. The van der Waals surface area contributed by atoms with Crippen molar-refractivity contribution in [3.8, 4) is 11.8 Å². The predicted molar refractivity (Wildman–Crippen MR) is 95.9 cm³/mol. The number of fused-ring (bicyclic) bond motifs is 1. The Morgan fingerprint density at radius 1 is 1.25 bits per heavy atom. The van der Waals surface area contributed by atoms with Crippen LogP contribution in [-0.2, 0) is 11.8 Å². The number of nitrogens with zero attached hydrogens (tertiary/aromatic N) is 2. The third-order valence-corrected chi connectivity index (χ3v) is 4.46. The first kappa shape index (κ1) is 16.3. The molecule has 0 amide bonds. The van der Waals surface area contributed by atoms with Crippen LogP contribution in [0.25, 0.3) is 10.9 Å². The molecular weight excluding hydrogens is 368 g/mol. The summed E-state index contributed by atoms with van der Waals surface area (Å²) in [6.45, 7) is -0.138. The van der Waals surface area contributed by atoms with Gasteiger partial charge in [-0.3, -0.25) is 4.79 Å². The third kappa shape index (κ3) is 3.19. The fourth-order valence-electron chi connectivity index (χ4n) is 2.66. The van der Waals surface area contributed by atoms with Crippen molar-refractivity contribution in [2.45, 2.75) is 5.92 Å². The monoisotopic (exact) mass is 382 g/mol. The van der Waals surface area contributed by atoms with Crippen LogP contribution in [0.2, 0.25) is 0 Å². The third-order valence-electron chi connectivity index (χ3n) is 3.93. The number of aromatic nitrogens is 1. The normalized spacial score (nSPS) is 11.9. The molecule has 0 saturated heterocycles. The van der Waals surface area contributed by atoms with Crippen molar-refractivity contribution in [3.63, 3.8) is 0 Å². The van der Waals surface area contributed by atoms with Gasteiger partial charge < -0.3 is 9.30 Å². The zero-order valence-corrected chi connectivity index (χ0v) is 14.7.